The molecular formula is C23H25ClN2O3. The Morgan fingerprint density at radius 2 is 1.72 bits per heavy atom. The first kappa shape index (κ1) is 19.8. The van der Waals surface area contributed by atoms with Crippen LogP contribution in [0.4, 0.5) is 0 Å². The highest BCUT2D eigenvalue weighted by molar-refractivity contribution is 6.30. The van der Waals surface area contributed by atoms with Crippen LogP contribution in [0.3, 0.4) is 0 Å². The minimum Gasteiger partial charge on any atom is -0.496 e. The topological polar surface area (TPSA) is 49.9 Å². The minimum atomic E-state index is -0.654. The van der Waals surface area contributed by atoms with Gasteiger partial charge in [-0.15, -0.1) is 0 Å². The number of piperazine rings is 1. The first-order valence-corrected chi connectivity index (χ1v) is 10.4. The standard InChI is InChI=1S/C23H25ClN2O3/c1-29-20-9-5-2-6-17(20)14-26-21(27)15-25(19-7-3-4-8-19)23(28)22(26)16-10-12-18(24)13-11-16/h2,5-6,9-13,19,22H,3-4,7-8,14-15H2,1H3. The van der Waals surface area contributed by atoms with Gasteiger partial charge in [0.25, 0.3) is 5.91 Å². The SMILES string of the molecule is COc1ccccc1CN1C(=O)CN(C2CCCC2)C(=O)C1c1ccc(Cl)cc1. The van der Waals surface area contributed by atoms with Crippen molar-refractivity contribution in [3.05, 3.63) is 64.7 Å². The number of carbonyl (C=O) groups excluding carboxylic acids is 2. The summed E-state index contributed by atoms with van der Waals surface area (Å²) < 4.78 is 5.46. The van der Waals surface area contributed by atoms with Gasteiger partial charge in [-0.2, -0.15) is 0 Å². The molecule has 2 aromatic rings. The summed E-state index contributed by atoms with van der Waals surface area (Å²) in [6.45, 7) is 0.461. The van der Waals surface area contributed by atoms with Crippen LogP contribution in [0.1, 0.15) is 42.9 Å². The summed E-state index contributed by atoms with van der Waals surface area (Å²) in [6, 6.07) is 14.3. The molecule has 1 atom stereocenters. The molecule has 2 fully saturated rings. The molecule has 0 radical (unpaired) electrons. The maximum Gasteiger partial charge on any atom is 0.250 e. The Morgan fingerprint density at radius 3 is 2.41 bits per heavy atom. The van der Waals surface area contributed by atoms with Gasteiger partial charge >= 0.3 is 0 Å². The third-order valence-electron chi connectivity index (χ3n) is 5.94. The number of amides is 2. The van der Waals surface area contributed by atoms with Crippen molar-refractivity contribution in [2.75, 3.05) is 13.7 Å². The average molecular weight is 413 g/mol. The largest absolute Gasteiger partial charge is 0.496 e. The van der Waals surface area contributed by atoms with Crippen molar-refractivity contribution in [1.82, 2.24) is 9.80 Å². The van der Waals surface area contributed by atoms with Crippen molar-refractivity contribution in [2.24, 2.45) is 0 Å². The van der Waals surface area contributed by atoms with E-state index in [1.54, 1.807) is 29.0 Å². The van der Waals surface area contributed by atoms with Crippen LogP contribution >= 0.6 is 11.6 Å². The normalized spacial score (nSPS) is 20.4. The predicted octanol–water partition coefficient (Wildman–Crippen LogP) is 4.20. The molecule has 2 aromatic carbocycles. The molecule has 1 heterocycles. The average Bonchev–Trinajstić information content (AvgIpc) is 3.26. The number of rotatable bonds is 5. The Morgan fingerprint density at radius 1 is 1.03 bits per heavy atom. The number of halogens is 1. The lowest BCUT2D eigenvalue weighted by atomic mass is 9.98. The lowest BCUT2D eigenvalue weighted by Gasteiger charge is -2.43. The van der Waals surface area contributed by atoms with Gasteiger partial charge in [-0.05, 0) is 36.6 Å². The molecule has 2 amide bonds. The van der Waals surface area contributed by atoms with Gasteiger partial charge in [0.15, 0.2) is 0 Å². The van der Waals surface area contributed by atoms with E-state index in [2.05, 4.69) is 0 Å². The van der Waals surface area contributed by atoms with Gasteiger partial charge in [0.1, 0.15) is 18.3 Å². The van der Waals surface area contributed by atoms with E-state index in [0.29, 0.717) is 17.3 Å². The van der Waals surface area contributed by atoms with Crippen molar-refractivity contribution >= 4 is 23.4 Å². The highest BCUT2D eigenvalue weighted by Gasteiger charge is 2.43. The summed E-state index contributed by atoms with van der Waals surface area (Å²) in [5, 5.41) is 0.604. The molecule has 2 aliphatic rings. The predicted molar refractivity (Wildman–Crippen MR) is 112 cm³/mol. The molecule has 29 heavy (non-hydrogen) atoms. The Balaban J connectivity index is 1.70. The second kappa shape index (κ2) is 8.46. The fourth-order valence-corrected chi connectivity index (χ4v) is 4.56. The second-order valence-corrected chi connectivity index (χ2v) is 8.13. The maximum absolute atomic E-state index is 13.6. The van der Waals surface area contributed by atoms with E-state index < -0.39 is 6.04 Å². The molecule has 0 spiro atoms. The quantitative estimate of drug-likeness (QED) is 0.739. The second-order valence-electron chi connectivity index (χ2n) is 7.69. The fraction of sp³-hybridized carbons (Fsp3) is 0.391. The number of ether oxygens (including phenoxy) is 1. The maximum atomic E-state index is 13.6. The van der Waals surface area contributed by atoms with Gasteiger partial charge in [0, 0.05) is 16.6 Å². The van der Waals surface area contributed by atoms with Crippen LogP contribution in [0.25, 0.3) is 0 Å². The monoisotopic (exact) mass is 412 g/mol. The molecule has 1 aliphatic heterocycles. The number of benzene rings is 2. The lowest BCUT2D eigenvalue weighted by molar-refractivity contribution is -0.159. The van der Waals surface area contributed by atoms with E-state index in [4.69, 9.17) is 16.3 Å². The Hall–Kier alpha value is -2.53. The van der Waals surface area contributed by atoms with Gasteiger partial charge in [-0.1, -0.05) is 54.8 Å². The summed E-state index contributed by atoms with van der Waals surface area (Å²) in [4.78, 5) is 30.3. The zero-order valence-corrected chi connectivity index (χ0v) is 17.3. The summed E-state index contributed by atoms with van der Waals surface area (Å²) in [7, 11) is 1.61. The van der Waals surface area contributed by atoms with Crippen LogP contribution in [0.5, 0.6) is 5.75 Å². The van der Waals surface area contributed by atoms with Crippen LogP contribution in [0.15, 0.2) is 48.5 Å². The third kappa shape index (κ3) is 3.97. The first-order chi connectivity index (χ1) is 14.1. The van der Waals surface area contributed by atoms with E-state index in [1.165, 1.54) is 0 Å². The lowest BCUT2D eigenvalue weighted by Crippen LogP contribution is -2.57. The number of hydrogen-bond donors (Lipinski definition) is 0. The van der Waals surface area contributed by atoms with Gasteiger partial charge in [0.2, 0.25) is 5.91 Å². The number of nitrogens with zero attached hydrogens (tertiary/aromatic N) is 2. The summed E-state index contributed by atoms with van der Waals surface area (Å²) >= 11 is 6.06. The van der Waals surface area contributed by atoms with E-state index >= 15 is 0 Å². The molecule has 0 bridgehead atoms. The molecule has 1 aliphatic carbocycles. The smallest absolute Gasteiger partial charge is 0.250 e. The minimum absolute atomic E-state index is 0.00581. The molecule has 1 saturated heterocycles. The fourth-order valence-electron chi connectivity index (χ4n) is 4.44. The molecule has 1 unspecified atom stereocenters. The number of hydrogen-bond acceptors (Lipinski definition) is 3. The molecule has 0 aromatic heterocycles. The number of methoxy groups -OCH3 is 1. The molecular weight excluding hydrogens is 388 g/mol. The van der Waals surface area contributed by atoms with Gasteiger partial charge < -0.3 is 14.5 Å². The van der Waals surface area contributed by atoms with E-state index in [0.717, 1.165) is 36.8 Å². The summed E-state index contributed by atoms with van der Waals surface area (Å²) in [5.74, 6) is 0.664. The molecule has 0 N–H and O–H groups in total. The molecule has 152 valence electrons. The van der Waals surface area contributed by atoms with Crippen LogP contribution in [0.2, 0.25) is 5.02 Å². The van der Waals surface area contributed by atoms with Crippen molar-refractivity contribution < 1.29 is 14.3 Å². The van der Waals surface area contributed by atoms with Crippen molar-refractivity contribution in [1.29, 1.82) is 0 Å². The molecule has 6 heteroatoms. The highest BCUT2D eigenvalue weighted by Crippen LogP contribution is 2.35. The van der Waals surface area contributed by atoms with Crippen LogP contribution in [0, 0.1) is 0 Å². The Labute approximate surface area is 176 Å². The van der Waals surface area contributed by atoms with E-state index in [1.807, 2.05) is 36.4 Å². The molecule has 1 saturated carbocycles. The van der Waals surface area contributed by atoms with Crippen molar-refractivity contribution in [2.45, 2.75) is 44.3 Å². The first-order valence-electron chi connectivity index (χ1n) is 10.1. The molecule has 4 rings (SSSR count). The Kier molecular flexibility index (Phi) is 5.76. The molecule has 5 nitrogen and oxygen atoms in total. The van der Waals surface area contributed by atoms with Gasteiger partial charge in [0.05, 0.1) is 13.7 Å². The Bertz CT molecular complexity index is 893. The highest BCUT2D eigenvalue weighted by atomic mass is 35.5. The summed E-state index contributed by atoms with van der Waals surface area (Å²) in [5.41, 5.74) is 1.66. The van der Waals surface area contributed by atoms with Crippen molar-refractivity contribution in [3.63, 3.8) is 0 Å². The van der Waals surface area contributed by atoms with Crippen LogP contribution in [-0.4, -0.2) is 41.3 Å². The van der Waals surface area contributed by atoms with E-state index in [9.17, 15) is 9.59 Å². The van der Waals surface area contributed by atoms with Gasteiger partial charge in [-0.3, -0.25) is 9.59 Å². The van der Waals surface area contributed by atoms with Crippen LogP contribution in [-0.2, 0) is 16.1 Å². The van der Waals surface area contributed by atoms with Gasteiger partial charge in [-0.25, -0.2) is 0 Å². The van der Waals surface area contributed by atoms with Crippen LogP contribution < -0.4 is 4.74 Å². The van der Waals surface area contributed by atoms with E-state index in [-0.39, 0.29) is 24.4 Å². The zero-order valence-electron chi connectivity index (χ0n) is 16.5. The van der Waals surface area contributed by atoms with Crippen molar-refractivity contribution in [3.8, 4) is 5.75 Å². The number of para-hydroxylation sites is 1. The zero-order chi connectivity index (χ0) is 20.4. The summed E-state index contributed by atoms with van der Waals surface area (Å²) in [6.07, 6.45) is 4.16. The third-order valence-corrected chi connectivity index (χ3v) is 6.19. The number of carbonyl (C=O) groups is 2.